The summed E-state index contributed by atoms with van der Waals surface area (Å²) in [4.78, 5) is 39.1. The number of ketones is 1. The second-order valence-corrected chi connectivity index (χ2v) is 10.6. The van der Waals surface area contributed by atoms with E-state index in [2.05, 4.69) is 4.74 Å². The third-order valence-electron chi connectivity index (χ3n) is 5.98. The van der Waals surface area contributed by atoms with E-state index in [0.717, 1.165) is 0 Å². The number of Topliss-reactive ketones (excluding diaryl/α,β-unsaturated/α-hetero) is 1. The lowest BCUT2D eigenvalue weighted by Crippen LogP contribution is -2.31. The Labute approximate surface area is 241 Å². The van der Waals surface area contributed by atoms with Crippen molar-refractivity contribution in [2.75, 3.05) is 20.8 Å². The molecule has 11 heteroatoms. The molecule has 1 aromatic heterocycles. The molecule has 0 radical (unpaired) electrons. The Morgan fingerprint density at radius 3 is 2.22 bits per heavy atom. The van der Waals surface area contributed by atoms with Crippen molar-refractivity contribution in [1.29, 1.82) is 0 Å². The van der Waals surface area contributed by atoms with Gasteiger partial charge in [-0.05, 0) is 63.1 Å². The van der Waals surface area contributed by atoms with Gasteiger partial charge in [0.05, 0.1) is 24.9 Å². The molecule has 3 rings (SSSR count). The van der Waals surface area contributed by atoms with Crippen molar-refractivity contribution in [3.8, 4) is 22.6 Å². The Morgan fingerprint density at radius 1 is 0.976 bits per heavy atom. The van der Waals surface area contributed by atoms with Crippen molar-refractivity contribution in [2.45, 2.75) is 51.9 Å². The molecule has 8 nitrogen and oxygen atoms in total. The van der Waals surface area contributed by atoms with Crippen molar-refractivity contribution in [2.24, 2.45) is 0 Å². The number of rotatable bonds is 12. The van der Waals surface area contributed by atoms with Gasteiger partial charge < -0.3 is 23.5 Å². The Balaban J connectivity index is 1.95. The second-order valence-electron chi connectivity index (χ2n) is 10.2. The lowest BCUT2D eigenvalue weighted by molar-refractivity contribution is -0.122. The van der Waals surface area contributed by atoms with Gasteiger partial charge in [0.15, 0.2) is 5.78 Å². The summed E-state index contributed by atoms with van der Waals surface area (Å²) in [7, 11) is 2.83. The first-order valence-corrected chi connectivity index (χ1v) is 13.1. The maximum atomic E-state index is 13.5. The van der Waals surface area contributed by atoms with Crippen LogP contribution in [0.5, 0.6) is 11.5 Å². The molecular formula is C30H32ClF2NO7. The minimum atomic E-state index is -3.10. The van der Waals surface area contributed by atoms with Gasteiger partial charge in [-0.15, -0.1) is 0 Å². The van der Waals surface area contributed by atoms with Gasteiger partial charge >= 0.3 is 12.6 Å². The van der Waals surface area contributed by atoms with Crippen LogP contribution >= 0.6 is 11.6 Å². The predicted molar refractivity (Wildman–Crippen MR) is 150 cm³/mol. The number of esters is 1. The SMILES string of the molecule is COCCC(C(=O)Cc1ccc(C(=O)OC(C)(C)C)cc1)n1cc(OC)c(-c2cc(Cl)ccc2OC(F)F)cc1=O. The smallest absolute Gasteiger partial charge is 0.387 e. The van der Waals surface area contributed by atoms with Gasteiger partial charge in [-0.1, -0.05) is 23.7 Å². The first-order valence-electron chi connectivity index (χ1n) is 12.7. The van der Waals surface area contributed by atoms with E-state index in [1.165, 1.54) is 49.2 Å². The molecule has 0 fully saturated rings. The fourth-order valence-electron chi connectivity index (χ4n) is 4.16. The van der Waals surface area contributed by atoms with Crippen molar-refractivity contribution >= 4 is 23.4 Å². The molecule has 1 atom stereocenters. The molecule has 0 spiro atoms. The average molecular weight is 592 g/mol. The Kier molecular flexibility index (Phi) is 10.6. The quantitative estimate of drug-likeness (QED) is 0.234. The van der Waals surface area contributed by atoms with Crippen LogP contribution < -0.4 is 15.0 Å². The zero-order valence-corrected chi connectivity index (χ0v) is 24.2. The summed E-state index contributed by atoms with van der Waals surface area (Å²) < 4.78 is 48.0. The number of hydrogen-bond donors (Lipinski definition) is 0. The molecular weight excluding hydrogens is 560 g/mol. The number of pyridine rings is 1. The molecule has 0 aliphatic rings. The summed E-state index contributed by atoms with van der Waals surface area (Å²) in [5, 5.41) is 0.235. The highest BCUT2D eigenvalue weighted by Gasteiger charge is 2.25. The summed E-state index contributed by atoms with van der Waals surface area (Å²) >= 11 is 6.10. The number of benzene rings is 2. The lowest BCUT2D eigenvalue weighted by atomic mass is 9.99. The number of halogens is 3. The van der Waals surface area contributed by atoms with Gasteiger partial charge in [-0.3, -0.25) is 9.59 Å². The summed E-state index contributed by atoms with van der Waals surface area (Å²) in [6.07, 6.45) is 1.51. The van der Waals surface area contributed by atoms with E-state index >= 15 is 0 Å². The van der Waals surface area contributed by atoms with Crippen LogP contribution in [-0.4, -0.2) is 49.4 Å². The standard InChI is InChI=1S/C30H32ClF2NO7/c1-30(2,3)41-28(37)19-8-6-18(7-9-19)14-24(35)23(12-13-38-4)34-17-26(39-5)22(16-27(34)36)21-15-20(31)10-11-25(21)40-29(32)33/h6-11,15-17,23,29H,12-14H2,1-5H3. The van der Waals surface area contributed by atoms with Crippen LogP contribution in [0.2, 0.25) is 5.02 Å². The number of methoxy groups -OCH3 is 2. The van der Waals surface area contributed by atoms with E-state index in [-0.39, 0.29) is 52.9 Å². The topological polar surface area (TPSA) is 93.1 Å². The molecule has 1 unspecified atom stereocenters. The molecule has 0 bridgehead atoms. The highest BCUT2D eigenvalue weighted by molar-refractivity contribution is 6.31. The third kappa shape index (κ3) is 8.61. The summed E-state index contributed by atoms with van der Waals surface area (Å²) in [5.74, 6) is -0.813. The third-order valence-corrected chi connectivity index (χ3v) is 6.22. The number of aromatic nitrogens is 1. The molecule has 2 aromatic carbocycles. The van der Waals surface area contributed by atoms with E-state index in [9.17, 15) is 23.2 Å². The number of nitrogens with zero attached hydrogens (tertiary/aromatic N) is 1. The molecule has 0 amide bonds. The van der Waals surface area contributed by atoms with Crippen LogP contribution in [0.3, 0.4) is 0 Å². The summed E-state index contributed by atoms with van der Waals surface area (Å²) in [6.45, 7) is 2.40. The molecule has 41 heavy (non-hydrogen) atoms. The minimum Gasteiger partial charge on any atom is -0.495 e. The largest absolute Gasteiger partial charge is 0.495 e. The maximum Gasteiger partial charge on any atom is 0.387 e. The molecule has 0 aliphatic heterocycles. The minimum absolute atomic E-state index is 0.0276. The fourth-order valence-corrected chi connectivity index (χ4v) is 4.33. The molecule has 0 saturated heterocycles. The zero-order valence-electron chi connectivity index (χ0n) is 23.4. The maximum absolute atomic E-state index is 13.5. The number of carbonyl (C=O) groups excluding carboxylic acids is 2. The lowest BCUT2D eigenvalue weighted by Gasteiger charge is -2.21. The molecule has 0 saturated carbocycles. The monoisotopic (exact) mass is 591 g/mol. The first kappa shape index (κ1) is 31.8. The van der Waals surface area contributed by atoms with Crippen molar-refractivity contribution in [3.05, 3.63) is 81.2 Å². The van der Waals surface area contributed by atoms with Crippen molar-refractivity contribution in [3.63, 3.8) is 0 Å². The van der Waals surface area contributed by atoms with Gasteiger partial charge in [0.2, 0.25) is 0 Å². The summed E-state index contributed by atoms with van der Waals surface area (Å²) in [6, 6.07) is 10.8. The number of ether oxygens (including phenoxy) is 4. The van der Waals surface area contributed by atoms with E-state index < -0.39 is 29.8 Å². The van der Waals surface area contributed by atoms with E-state index in [1.807, 2.05) is 0 Å². The zero-order chi connectivity index (χ0) is 30.3. The Hall–Kier alpha value is -3.76. The second kappa shape index (κ2) is 13.7. The number of alkyl halides is 2. The molecule has 0 aliphatic carbocycles. The van der Waals surface area contributed by atoms with Crippen LogP contribution in [0.4, 0.5) is 8.78 Å². The van der Waals surface area contributed by atoms with Crippen molar-refractivity contribution < 1.29 is 37.3 Å². The Morgan fingerprint density at radius 2 is 1.63 bits per heavy atom. The first-order chi connectivity index (χ1) is 19.3. The fraction of sp³-hybridized carbons (Fsp3) is 0.367. The van der Waals surface area contributed by atoms with Gasteiger partial charge in [0, 0.05) is 42.4 Å². The average Bonchev–Trinajstić information content (AvgIpc) is 2.89. The van der Waals surface area contributed by atoms with Crippen LogP contribution in [0, 0.1) is 0 Å². The highest BCUT2D eigenvalue weighted by atomic mass is 35.5. The van der Waals surface area contributed by atoms with Gasteiger partial charge in [-0.25, -0.2) is 4.79 Å². The number of carbonyl (C=O) groups is 2. The molecule has 1 heterocycles. The highest BCUT2D eigenvalue weighted by Crippen LogP contribution is 2.38. The van der Waals surface area contributed by atoms with E-state index in [0.29, 0.717) is 11.1 Å². The van der Waals surface area contributed by atoms with Gasteiger partial charge in [-0.2, -0.15) is 8.78 Å². The normalized spacial score (nSPS) is 12.2. The predicted octanol–water partition coefficient (Wildman–Crippen LogP) is 6.12. The van der Waals surface area contributed by atoms with Crippen LogP contribution in [0.15, 0.2) is 59.5 Å². The molecule has 0 N–H and O–H groups in total. The van der Waals surface area contributed by atoms with Crippen molar-refractivity contribution in [1.82, 2.24) is 4.57 Å². The molecule has 220 valence electrons. The van der Waals surface area contributed by atoms with Crippen LogP contribution in [-0.2, 0) is 20.7 Å². The van der Waals surface area contributed by atoms with Gasteiger partial charge in [0.1, 0.15) is 17.1 Å². The van der Waals surface area contributed by atoms with E-state index in [4.69, 9.17) is 25.8 Å². The molecule has 3 aromatic rings. The van der Waals surface area contributed by atoms with Crippen LogP contribution in [0.25, 0.3) is 11.1 Å². The Bertz CT molecular complexity index is 1430. The van der Waals surface area contributed by atoms with E-state index in [1.54, 1.807) is 45.0 Å². The van der Waals surface area contributed by atoms with Gasteiger partial charge in [0.25, 0.3) is 5.56 Å². The number of hydrogen-bond acceptors (Lipinski definition) is 7. The van der Waals surface area contributed by atoms with Crippen LogP contribution in [0.1, 0.15) is 49.2 Å². The summed E-state index contributed by atoms with van der Waals surface area (Å²) in [5.41, 5.74) is 0.0627.